The number of nitrogens with one attached hydrogen (secondary N) is 1. The molecule has 1 aliphatic carbocycles. The summed E-state index contributed by atoms with van der Waals surface area (Å²) in [5.74, 6) is -1.52. The Morgan fingerprint density at radius 3 is 2.10 bits per heavy atom. The Kier molecular flexibility index (Phi) is 5.08. The van der Waals surface area contributed by atoms with Gasteiger partial charge < -0.3 is 5.32 Å². The lowest BCUT2D eigenvalue weighted by Gasteiger charge is -2.34. The van der Waals surface area contributed by atoms with Crippen molar-refractivity contribution in [2.45, 2.75) is 45.1 Å². The van der Waals surface area contributed by atoms with Crippen molar-refractivity contribution in [1.82, 2.24) is 5.32 Å². The van der Waals surface area contributed by atoms with Gasteiger partial charge in [0.2, 0.25) is 0 Å². The van der Waals surface area contributed by atoms with Crippen LogP contribution in [0.4, 0.5) is 13.2 Å². The highest BCUT2D eigenvalue weighted by Gasteiger charge is 2.30. The van der Waals surface area contributed by atoms with Crippen molar-refractivity contribution in [2.24, 2.45) is 11.8 Å². The molecule has 0 radical (unpaired) electrons. The lowest BCUT2D eigenvalue weighted by molar-refractivity contribution is 0.218. The monoisotopic (exact) mass is 285 g/mol. The third kappa shape index (κ3) is 3.17. The molecule has 0 heterocycles. The fraction of sp³-hybridized carbons (Fsp3) is 0.625. The van der Waals surface area contributed by atoms with Crippen LogP contribution in [0.3, 0.4) is 0 Å². The molecule has 1 aliphatic rings. The summed E-state index contributed by atoms with van der Waals surface area (Å²) in [6, 6.07) is 1.15. The predicted molar refractivity (Wildman–Crippen MR) is 73.9 cm³/mol. The van der Waals surface area contributed by atoms with E-state index in [0.717, 1.165) is 50.2 Å². The number of hydrogen-bond acceptors (Lipinski definition) is 1. The Morgan fingerprint density at radius 1 is 1.10 bits per heavy atom. The molecular formula is C16H22F3N. The van der Waals surface area contributed by atoms with E-state index in [9.17, 15) is 13.2 Å². The fourth-order valence-electron chi connectivity index (χ4n) is 3.40. The molecule has 1 fully saturated rings. The first-order valence-electron chi connectivity index (χ1n) is 7.38. The van der Waals surface area contributed by atoms with Gasteiger partial charge in [-0.3, -0.25) is 0 Å². The Labute approximate surface area is 118 Å². The maximum atomic E-state index is 13.9. The largest absolute Gasteiger partial charge is 0.313 e. The summed E-state index contributed by atoms with van der Waals surface area (Å²) < 4.78 is 40.9. The minimum atomic E-state index is -0.867. The molecule has 1 unspecified atom stereocenters. The Balaban J connectivity index is 2.21. The topological polar surface area (TPSA) is 12.0 Å². The van der Waals surface area contributed by atoms with Crippen molar-refractivity contribution in [2.75, 3.05) is 7.05 Å². The van der Waals surface area contributed by atoms with Crippen LogP contribution in [0, 0.1) is 29.3 Å². The van der Waals surface area contributed by atoms with Crippen LogP contribution in [-0.2, 0) is 0 Å². The van der Waals surface area contributed by atoms with E-state index in [1.165, 1.54) is 0 Å². The van der Waals surface area contributed by atoms with Gasteiger partial charge in [-0.05, 0) is 31.7 Å². The van der Waals surface area contributed by atoms with Gasteiger partial charge in [-0.25, -0.2) is 13.2 Å². The quantitative estimate of drug-likeness (QED) is 0.853. The summed E-state index contributed by atoms with van der Waals surface area (Å²) in [7, 11) is 1.71. The first-order valence-corrected chi connectivity index (χ1v) is 7.38. The molecule has 20 heavy (non-hydrogen) atoms. The highest BCUT2D eigenvalue weighted by atomic mass is 19.1. The molecule has 1 nitrogen and oxygen atoms in total. The number of rotatable bonds is 4. The molecule has 0 spiro atoms. The van der Waals surface area contributed by atoms with Gasteiger partial charge >= 0.3 is 0 Å². The molecule has 0 saturated heterocycles. The van der Waals surface area contributed by atoms with Crippen LogP contribution in [0.25, 0.3) is 0 Å². The van der Waals surface area contributed by atoms with Gasteiger partial charge in [0, 0.05) is 23.7 Å². The van der Waals surface area contributed by atoms with Crippen LogP contribution in [0.5, 0.6) is 0 Å². The molecule has 1 aromatic rings. The van der Waals surface area contributed by atoms with Crippen LogP contribution in [0.2, 0.25) is 0 Å². The first kappa shape index (κ1) is 15.4. The zero-order valence-corrected chi connectivity index (χ0v) is 12.1. The summed E-state index contributed by atoms with van der Waals surface area (Å²) in [5.41, 5.74) is -0.0196. The highest BCUT2D eigenvalue weighted by molar-refractivity contribution is 5.25. The zero-order valence-electron chi connectivity index (χ0n) is 12.1. The summed E-state index contributed by atoms with van der Waals surface area (Å²) in [6.45, 7) is 2.18. The molecule has 1 N–H and O–H groups in total. The zero-order chi connectivity index (χ0) is 14.7. The van der Waals surface area contributed by atoms with E-state index in [1.807, 2.05) is 0 Å². The van der Waals surface area contributed by atoms with Crippen LogP contribution < -0.4 is 5.32 Å². The minimum absolute atomic E-state index is 0.0196. The van der Waals surface area contributed by atoms with Crippen molar-refractivity contribution in [3.63, 3.8) is 0 Å². The standard InChI is InChI=1S/C16H22F3N/c1-3-10-4-6-11(7-5-10)16(20-2)15-13(18)8-12(17)9-14(15)19/h8-11,16,20H,3-7H2,1-2H3. The van der Waals surface area contributed by atoms with Crippen molar-refractivity contribution in [1.29, 1.82) is 0 Å². The second kappa shape index (κ2) is 6.61. The molecule has 1 aromatic carbocycles. The maximum Gasteiger partial charge on any atom is 0.133 e. The molecule has 2 rings (SSSR count). The lowest BCUT2D eigenvalue weighted by Crippen LogP contribution is -2.30. The van der Waals surface area contributed by atoms with E-state index in [-0.39, 0.29) is 17.5 Å². The third-order valence-electron chi connectivity index (χ3n) is 4.61. The molecule has 4 heteroatoms. The van der Waals surface area contributed by atoms with Gasteiger partial charge in [-0.2, -0.15) is 0 Å². The normalized spacial score (nSPS) is 24.6. The summed E-state index contributed by atoms with van der Waals surface area (Å²) in [4.78, 5) is 0. The van der Waals surface area contributed by atoms with Gasteiger partial charge in [-0.1, -0.05) is 26.2 Å². The Morgan fingerprint density at radius 2 is 1.65 bits per heavy atom. The molecular weight excluding hydrogens is 263 g/mol. The van der Waals surface area contributed by atoms with Gasteiger partial charge in [0.1, 0.15) is 17.5 Å². The summed E-state index contributed by atoms with van der Waals surface area (Å²) >= 11 is 0. The Hall–Kier alpha value is -1.03. The third-order valence-corrected chi connectivity index (χ3v) is 4.61. The second-order valence-corrected chi connectivity index (χ2v) is 5.74. The van der Waals surface area contributed by atoms with Crippen LogP contribution in [0.1, 0.15) is 50.6 Å². The molecule has 1 saturated carbocycles. The average molecular weight is 285 g/mol. The van der Waals surface area contributed by atoms with Crippen molar-refractivity contribution < 1.29 is 13.2 Å². The van der Waals surface area contributed by atoms with Gasteiger partial charge in [-0.15, -0.1) is 0 Å². The van der Waals surface area contributed by atoms with Crippen molar-refractivity contribution >= 4 is 0 Å². The molecule has 112 valence electrons. The first-order chi connectivity index (χ1) is 9.56. The molecule has 0 bridgehead atoms. The average Bonchev–Trinajstić information content (AvgIpc) is 2.43. The molecule has 1 atom stereocenters. The predicted octanol–water partition coefficient (Wildman–Crippen LogP) is 4.58. The molecule has 0 aliphatic heterocycles. The van der Waals surface area contributed by atoms with Crippen LogP contribution in [0.15, 0.2) is 12.1 Å². The highest BCUT2D eigenvalue weighted by Crippen LogP contribution is 2.39. The Bertz CT molecular complexity index is 430. The van der Waals surface area contributed by atoms with Crippen LogP contribution in [-0.4, -0.2) is 7.05 Å². The van der Waals surface area contributed by atoms with Crippen molar-refractivity contribution in [3.8, 4) is 0 Å². The van der Waals surface area contributed by atoms with E-state index in [0.29, 0.717) is 0 Å². The summed E-state index contributed by atoms with van der Waals surface area (Å²) in [6.07, 6.45) is 5.28. The molecule has 0 aromatic heterocycles. The maximum absolute atomic E-state index is 13.9. The smallest absolute Gasteiger partial charge is 0.133 e. The van der Waals surface area contributed by atoms with E-state index in [2.05, 4.69) is 12.2 Å². The number of benzene rings is 1. The summed E-state index contributed by atoms with van der Waals surface area (Å²) in [5, 5.41) is 3.02. The van der Waals surface area contributed by atoms with Gasteiger partial charge in [0.25, 0.3) is 0 Å². The van der Waals surface area contributed by atoms with E-state index in [1.54, 1.807) is 7.05 Å². The van der Waals surface area contributed by atoms with E-state index < -0.39 is 17.5 Å². The van der Waals surface area contributed by atoms with Gasteiger partial charge in [0.05, 0.1) is 0 Å². The second-order valence-electron chi connectivity index (χ2n) is 5.74. The number of hydrogen-bond donors (Lipinski definition) is 1. The lowest BCUT2D eigenvalue weighted by atomic mass is 9.76. The SMILES string of the molecule is CCC1CCC(C(NC)c2c(F)cc(F)cc2F)CC1. The fourth-order valence-corrected chi connectivity index (χ4v) is 3.40. The van der Waals surface area contributed by atoms with Gasteiger partial charge in [0.15, 0.2) is 0 Å². The van der Waals surface area contributed by atoms with Crippen molar-refractivity contribution in [3.05, 3.63) is 35.1 Å². The molecule has 0 amide bonds. The van der Waals surface area contributed by atoms with E-state index in [4.69, 9.17) is 0 Å². The van der Waals surface area contributed by atoms with Crippen LogP contribution >= 0.6 is 0 Å². The number of halogens is 3. The van der Waals surface area contributed by atoms with E-state index >= 15 is 0 Å². The minimum Gasteiger partial charge on any atom is -0.313 e.